The minimum absolute atomic E-state index is 0.0395. The Morgan fingerprint density at radius 2 is 2.04 bits per heavy atom. The molecule has 0 atom stereocenters. The Labute approximate surface area is 140 Å². The summed E-state index contributed by atoms with van der Waals surface area (Å²) in [6.07, 6.45) is -0.402. The molecular weight excluding hydrogens is 338 g/mol. The summed E-state index contributed by atoms with van der Waals surface area (Å²) in [5.74, 6) is -0.493. The fourth-order valence-corrected chi connectivity index (χ4v) is 3.13. The normalized spacial score (nSPS) is 11.6. The number of benzene rings is 1. The summed E-state index contributed by atoms with van der Waals surface area (Å²) in [6, 6.07) is 14.0. The van der Waals surface area contributed by atoms with Crippen molar-refractivity contribution in [3.05, 3.63) is 68.4 Å². The van der Waals surface area contributed by atoms with Crippen LogP contribution in [0.4, 0.5) is 8.78 Å². The van der Waals surface area contributed by atoms with E-state index in [4.69, 9.17) is 12.2 Å². The Morgan fingerprint density at radius 1 is 1.26 bits per heavy atom. The van der Waals surface area contributed by atoms with Gasteiger partial charge in [-0.1, -0.05) is 30.3 Å². The van der Waals surface area contributed by atoms with Gasteiger partial charge >= 0.3 is 0 Å². The number of aromatic nitrogens is 3. The predicted octanol–water partition coefficient (Wildman–Crippen LogP) is 4.41. The van der Waals surface area contributed by atoms with Crippen molar-refractivity contribution in [3.63, 3.8) is 0 Å². The standard InChI is InChI=1S/C15H12F2N4S2/c16-13(17)14-19-20-15(22)21(14)18-9-12-7-6-11(23-12)8-10-4-2-1-3-5-10/h1-7,9,13H,8H2,(H,20,22). The molecule has 8 heteroatoms. The second-order valence-corrected chi connectivity index (χ2v) is 6.30. The third-order valence-electron chi connectivity index (χ3n) is 3.07. The quantitative estimate of drug-likeness (QED) is 0.547. The van der Waals surface area contributed by atoms with Crippen LogP contribution in [0.15, 0.2) is 47.6 Å². The Bertz CT molecular complexity index is 865. The molecule has 0 amide bonds. The van der Waals surface area contributed by atoms with Crippen LogP contribution in [0.5, 0.6) is 0 Å². The van der Waals surface area contributed by atoms with Gasteiger partial charge in [0.05, 0.1) is 6.21 Å². The lowest BCUT2D eigenvalue weighted by Gasteiger charge is -1.98. The van der Waals surface area contributed by atoms with E-state index in [0.29, 0.717) is 0 Å². The lowest BCUT2D eigenvalue weighted by molar-refractivity contribution is 0.136. The molecule has 0 radical (unpaired) electrons. The van der Waals surface area contributed by atoms with E-state index >= 15 is 0 Å². The molecule has 0 aliphatic carbocycles. The monoisotopic (exact) mass is 350 g/mol. The first-order valence-electron chi connectivity index (χ1n) is 6.76. The molecule has 0 aliphatic rings. The molecule has 0 aliphatic heterocycles. The number of halogens is 2. The van der Waals surface area contributed by atoms with E-state index in [1.807, 2.05) is 30.3 Å². The van der Waals surface area contributed by atoms with Gasteiger partial charge in [0.25, 0.3) is 6.43 Å². The van der Waals surface area contributed by atoms with E-state index in [1.165, 1.54) is 16.7 Å². The molecule has 0 fully saturated rings. The molecule has 0 unspecified atom stereocenters. The van der Waals surface area contributed by atoms with Crippen LogP contribution >= 0.6 is 23.6 Å². The molecule has 3 aromatic rings. The summed E-state index contributed by atoms with van der Waals surface area (Å²) >= 11 is 6.46. The number of hydrogen-bond acceptors (Lipinski definition) is 4. The van der Waals surface area contributed by atoms with E-state index < -0.39 is 12.2 Å². The number of H-pyrrole nitrogens is 1. The minimum atomic E-state index is -2.74. The molecule has 1 aromatic carbocycles. The predicted molar refractivity (Wildman–Crippen MR) is 88.9 cm³/mol. The van der Waals surface area contributed by atoms with Crippen LogP contribution < -0.4 is 0 Å². The summed E-state index contributed by atoms with van der Waals surface area (Å²) in [6.45, 7) is 0. The number of rotatable bonds is 5. The minimum Gasteiger partial charge on any atom is -0.250 e. The van der Waals surface area contributed by atoms with Gasteiger partial charge in [-0.2, -0.15) is 14.9 Å². The van der Waals surface area contributed by atoms with E-state index in [0.717, 1.165) is 16.0 Å². The maximum absolute atomic E-state index is 12.8. The molecule has 0 saturated carbocycles. The van der Waals surface area contributed by atoms with Crippen molar-refractivity contribution in [2.24, 2.45) is 5.10 Å². The van der Waals surface area contributed by atoms with Crippen LogP contribution in [-0.4, -0.2) is 21.1 Å². The van der Waals surface area contributed by atoms with Gasteiger partial charge in [0, 0.05) is 16.2 Å². The SMILES string of the molecule is FC(F)c1n[nH]c(=S)n1N=Cc1ccc(Cc2ccccc2)s1. The first-order valence-corrected chi connectivity index (χ1v) is 7.98. The van der Waals surface area contributed by atoms with Gasteiger partial charge in [-0.05, 0) is 29.9 Å². The van der Waals surface area contributed by atoms with Crippen molar-refractivity contribution < 1.29 is 8.78 Å². The Hall–Kier alpha value is -2.19. The molecule has 1 N–H and O–H groups in total. The molecule has 4 nitrogen and oxygen atoms in total. The van der Waals surface area contributed by atoms with Crippen LogP contribution in [0.25, 0.3) is 0 Å². The lowest BCUT2D eigenvalue weighted by atomic mass is 10.1. The number of nitrogens with zero attached hydrogens (tertiary/aromatic N) is 3. The molecule has 2 aromatic heterocycles. The average Bonchev–Trinajstić information content (AvgIpc) is 3.13. The number of thiophene rings is 1. The zero-order chi connectivity index (χ0) is 16.2. The summed E-state index contributed by atoms with van der Waals surface area (Å²) < 4.78 is 26.6. The van der Waals surface area contributed by atoms with Gasteiger partial charge < -0.3 is 0 Å². The Kier molecular flexibility index (Phi) is 4.73. The van der Waals surface area contributed by atoms with Crippen molar-refractivity contribution >= 4 is 29.8 Å². The Morgan fingerprint density at radius 3 is 2.78 bits per heavy atom. The van der Waals surface area contributed by atoms with Crippen molar-refractivity contribution in [2.45, 2.75) is 12.8 Å². The van der Waals surface area contributed by atoms with Crippen molar-refractivity contribution in [1.82, 2.24) is 14.9 Å². The van der Waals surface area contributed by atoms with Crippen LogP contribution in [0.3, 0.4) is 0 Å². The number of nitrogens with one attached hydrogen (secondary N) is 1. The second kappa shape index (κ2) is 6.93. The second-order valence-electron chi connectivity index (χ2n) is 4.71. The molecule has 118 valence electrons. The first-order chi connectivity index (χ1) is 11.1. The fourth-order valence-electron chi connectivity index (χ4n) is 2.03. The molecule has 0 bridgehead atoms. The van der Waals surface area contributed by atoms with Crippen LogP contribution in [0.2, 0.25) is 0 Å². The van der Waals surface area contributed by atoms with E-state index in [-0.39, 0.29) is 4.77 Å². The van der Waals surface area contributed by atoms with Gasteiger partial charge in [0.1, 0.15) is 0 Å². The summed E-state index contributed by atoms with van der Waals surface area (Å²) in [4.78, 5) is 2.03. The third kappa shape index (κ3) is 3.77. The summed E-state index contributed by atoms with van der Waals surface area (Å²) in [7, 11) is 0. The largest absolute Gasteiger partial charge is 0.299 e. The molecular formula is C15H12F2N4S2. The molecule has 0 saturated heterocycles. The van der Waals surface area contributed by atoms with Gasteiger partial charge in [0.2, 0.25) is 10.6 Å². The fraction of sp³-hybridized carbons (Fsp3) is 0.133. The third-order valence-corrected chi connectivity index (χ3v) is 4.36. The van der Waals surface area contributed by atoms with Crippen molar-refractivity contribution in [3.8, 4) is 0 Å². The maximum Gasteiger partial charge on any atom is 0.299 e. The van der Waals surface area contributed by atoms with Crippen molar-refractivity contribution in [2.75, 3.05) is 0 Å². The van der Waals surface area contributed by atoms with Gasteiger partial charge in [-0.3, -0.25) is 0 Å². The molecule has 2 heterocycles. The van der Waals surface area contributed by atoms with E-state index in [1.54, 1.807) is 11.3 Å². The van der Waals surface area contributed by atoms with Gasteiger partial charge in [-0.15, -0.1) is 11.3 Å². The van der Waals surface area contributed by atoms with E-state index in [9.17, 15) is 8.78 Å². The zero-order valence-electron chi connectivity index (χ0n) is 11.8. The highest BCUT2D eigenvalue weighted by atomic mass is 32.1. The molecule has 23 heavy (non-hydrogen) atoms. The highest BCUT2D eigenvalue weighted by Crippen LogP contribution is 2.19. The average molecular weight is 350 g/mol. The highest BCUT2D eigenvalue weighted by Gasteiger charge is 2.15. The van der Waals surface area contributed by atoms with E-state index in [2.05, 4.69) is 27.4 Å². The lowest BCUT2D eigenvalue weighted by Crippen LogP contribution is -1.98. The van der Waals surface area contributed by atoms with Crippen LogP contribution in [0.1, 0.15) is 27.6 Å². The van der Waals surface area contributed by atoms with Gasteiger partial charge in [-0.25, -0.2) is 13.9 Å². The first kappa shape index (κ1) is 15.7. The number of alkyl halides is 2. The maximum atomic E-state index is 12.8. The Balaban J connectivity index is 1.77. The smallest absolute Gasteiger partial charge is 0.250 e. The number of hydrogen-bond donors (Lipinski definition) is 1. The van der Waals surface area contributed by atoms with Gasteiger partial charge in [0.15, 0.2) is 0 Å². The number of aromatic amines is 1. The summed E-state index contributed by atoms with van der Waals surface area (Å²) in [5, 5.41) is 9.79. The molecule has 0 spiro atoms. The summed E-state index contributed by atoms with van der Waals surface area (Å²) in [5.41, 5.74) is 1.22. The van der Waals surface area contributed by atoms with Crippen LogP contribution in [0, 0.1) is 4.77 Å². The topological polar surface area (TPSA) is 46.0 Å². The zero-order valence-corrected chi connectivity index (χ0v) is 13.5. The molecule has 3 rings (SSSR count). The highest BCUT2D eigenvalue weighted by molar-refractivity contribution is 7.71. The van der Waals surface area contributed by atoms with Crippen molar-refractivity contribution in [1.29, 1.82) is 0 Å². The van der Waals surface area contributed by atoms with Crippen LogP contribution in [-0.2, 0) is 6.42 Å².